The number of rotatable bonds is 4. The zero-order valence-electron chi connectivity index (χ0n) is 10.4. The van der Waals surface area contributed by atoms with Crippen molar-refractivity contribution in [2.24, 2.45) is 0 Å². The third-order valence-electron chi connectivity index (χ3n) is 2.97. The van der Waals surface area contributed by atoms with Gasteiger partial charge in [0.05, 0.1) is 7.11 Å². The molecule has 0 saturated heterocycles. The highest BCUT2D eigenvalue weighted by molar-refractivity contribution is 5.32. The summed E-state index contributed by atoms with van der Waals surface area (Å²) in [5.74, 6) is 0.913. The molecule has 0 aliphatic rings. The van der Waals surface area contributed by atoms with Crippen molar-refractivity contribution >= 4 is 0 Å². The maximum absolute atomic E-state index is 5.16. The quantitative estimate of drug-likeness (QED) is 0.769. The van der Waals surface area contributed by atoms with Gasteiger partial charge in [-0.3, -0.25) is 0 Å². The molecule has 0 aromatic heterocycles. The molecular formula is C16H18O. The van der Waals surface area contributed by atoms with Gasteiger partial charge in [-0.2, -0.15) is 0 Å². The maximum Gasteiger partial charge on any atom is 0.118 e. The molecular weight excluding hydrogens is 208 g/mol. The largest absolute Gasteiger partial charge is 0.497 e. The van der Waals surface area contributed by atoms with Crippen LogP contribution in [0.4, 0.5) is 0 Å². The van der Waals surface area contributed by atoms with Crippen molar-refractivity contribution in [1.82, 2.24) is 0 Å². The summed E-state index contributed by atoms with van der Waals surface area (Å²) in [4.78, 5) is 0. The molecule has 0 spiro atoms. The third kappa shape index (κ3) is 3.10. The first kappa shape index (κ1) is 11.7. The van der Waals surface area contributed by atoms with Crippen molar-refractivity contribution in [1.29, 1.82) is 0 Å². The lowest BCUT2D eigenvalue weighted by Crippen LogP contribution is -1.90. The molecule has 0 heterocycles. The van der Waals surface area contributed by atoms with E-state index in [-0.39, 0.29) is 0 Å². The Kier molecular flexibility index (Phi) is 3.81. The first-order valence-corrected chi connectivity index (χ1v) is 6.02. The van der Waals surface area contributed by atoms with E-state index in [1.54, 1.807) is 7.11 Å². The van der Waals surface area contributed by atoms with Gasteiger partial charge < -0.3 is 4.74 Å². The Labute approximate surface area is 103 Å². The highest BCUT2D eigenvalue weighted by atomic mass is 16.5. The molecule has 0 aliphatic heterocycles. The van der Waals surface area contributed by atoms with Gasteiger partial charge in [0.25, 0.3) is 0 Å². The van der Waals surface area contributed by atoms with Crippen molar-refractivity contribution in [3.63, 3.8) is 0 Å². The fraction of sp³-hybridized carbons (Fsp3) is 0.250. The molecule has 0 unspecified atom stereocenters. The van der Waals surface area contributed by atoms with Crippen molar-refractivity contribution in [2.75, 3.05) is 7.11 Å². The van der Waals surface area contributed by atoms with Crippen LogP contribution in [-0.4, -0.2) is 7.11 Å². The molecule has 0 radical (unpaired) electrons. The first-order valence-electron chi connectivity index (χ1n) is 6.02. The Balaban J connectivity index is 2.13. The van der Waals surface area contributed by atoms with Crippen LogP contribution >= 0.6 is 0 Å². The summed E-state index contributed by atoms with van der Waals surface area (Å²) in [6, 6.07) is 17.1. The zero-order valence-corrected chi connectivity index (χ0v) is 10.4. The highest BCUT2D eigenvalue weighted by Gasteiger charge is 1.98. The monoisotopic (exact) mass is 226 g/mol. The SMILES string of the molecule is CCc1cccc(Cc2ccc(OC)cc2)c1. The maximum atomic E-state index is 5.16. The number of methoxy groups -OCH3 is 1. The molecule has 0 saturated carbocycles. The molecule has 17 heavy (non-hydrogen) atoms. The molecule has 0 N–H and O–H groups in total. The minimum Gasteiger partial charge on any atom is -0.497 e. The Morgan fingerprint density at radius 3 is 2.24 bits per heavy atom. The smallest absolute Gasteiger partial charge is 0.118 e. The molecule has 1 heteroatoms. The van der Waals surface area contributed by atoms with Gasteiger partial charge >= 0.3 is 0 Å². The second-order valence-corrected chi connectivity index (χ2v) is 4.20. The predicted octanol–water partition coefficient (Wildman–Crippen LogP) is 3.85. The van der Waals surface area contributed by atoms with Crippen molar-refractivity contribution in [3.8, 4) is 5.75 Å². The summed E-state index contributed by atoms with van der Waals surface area (Å²) in [5.41, 5.74) is 4.09. The van der Waals surface area contributed by atoms with E-state index in [0.29, 0.717) is 0 Å². The topological polar surface area (TPSA) is 9.23 Å². The summed E-state index contributed by atoms with van der Waals surface area (Å²) >= 11 is 0. The van der Waals surface area contributed by atoms with E-state index in [4.69, 9.17) is 4.74 Å². The predicted molar refractivity (Wildman–Crippen MR) is 71.6 cm³/mol. The fourth-order valence-electron chi connectivity index (χ4n) is 1.94. The second kappa shape index (κ2) is 5.53. The van der Waals surface area contributed by atoms with Gasteiger partial charge in [0, 0.05) is 0 Å². The summed E-state index contributed by atoms with van der Waals surface area (Å²) in [5, 5.41) is 0. The number of aryl methyl sites for hydroxylation is 1. The van der Waals surface area contributed by atoms with Gasteiger partial charge in [-0.15, -0.1) is 0 Å². The van der Waals surface area contributed by atoms with Gasteiger partial charge in [0.2, 0.25) is 0 Å². The van der Waals surface area contributed by atoms with Crippen LogP contribution in [0.15, 0.2) is 48.5 Å². The lowest BCUT2D eigenvalue weighted by Gasteiger charge is -2.05. The van der Waals surface area contributed by atoms with Gasteiger partial charge in [-0.25, -0.2) is 0 Å². The number of hydrogen-bond acceptors (Lipinski definition) is 1. The molecule has 0 bridgehead atoms. The minimum absolute atomic E-state index is 0.913. The van der Waals surface area contributed by atoms with Crippen molar-refractivity contribution in [2.45, 2.75) is 19.8 Å². The number of benzene rings is 2. The molecule has 88 valence electrons. The Morgan fingerprint density at radius 1 is 0.882 bits per heavy atom. The lowest BCUT2D eigenvalue weighted by molar-refractivity contribution is 0.414. The summed E-state index contributed by atoms with van der Waals surface area (Å²) in [6.07, 6.45) is 2.08. The van der Waals surface area contributed by atoms with Crippen LogP contribution in [0, 0.1) is 0 Å². The number of ether oxygens (including phenoxy) is 1. The van der Waals surface area contributed by atoms with E-state index in [0.717, 1.165) is 18.6 Å². The number of hydrogen-bond donors (Lipinski definition) is 0. The zero-order chi connectivity index (χ0) is 12.1. The van der Waals surface area contributed by atoms with E-state index in [9.17, 15) is 0 Å². The summed E-state index contributed by atoms with van der Waals surface area (Å²) in [6.45, 7) is 2.19. The Bertz CT molecular complexity index is 471. The van der Waals surface area contributed by atoms with E-state index in [1.807, 2.05) is 12.1 Å². The third-order valence-corrected chi connectivity index (χ3v) is 2.97. The van der Waals surface area contributed by atoms with Gasteiger partial charge in [0.15, 0.2) is 0 Å². The average Bonchev–Trinajstić information content (AvgIpc) is 2.40. The van der Waals surface area contributed by atoms with Crippen LogP contribution in [0.25, 0.3) is 0 Å². The Hall–Kier alpha value is -1.76. The standard InChI is InChI=1S/C16H18O/c1-3-13-5-4-6-15(11-13)12-14-7-9-16(17-2)10-8-14/h4-11H,3,12H2,1-2H3. The molecule has 2 aromatic carbocycles. The lowest BCUT2D eigenvalue weighted by atomic mass is 10.0. The first-order chi connectivity index (χ1) is 8.31. The normalized spacial score (nSPS) is 10.2. The Morgan fingerprint density at radius 2 is 1.59 bits per heavy atom. The van der Waals surface area contributed by atoms with Crippen LogP contribution in [0.3, 0.4) is 0 Å². The molecule has 0 fully saturated rings. The van der Waals surface area contributed by atoms with Gasteiger partial charge in [0.1, 0.15) is 5.75 Å². The summed E-state index contributed by atoms with van der Waals surface area (Å²) in [7, 11) is 1.69. The molecule has 1 nitrogen and oxygen atoms in total. The van der Waals surface area contributed by atoms with E-state index in [2.05, 4.69) is 43.3 Å². The molecule has 0 atom stereocenters. The van der Waals surface area contributed by atoms with Crippen LogP contribution in [0.2, 0.25) is 0 Å². The van der Waals surface area contributed by atoms with Crippen LogP contribution in [0.1, 0.15) is 23.6 Å². The van der Waals surface area contributed by atoms with Crippen molar-refractivity contribution < 1.29 is 4.74 Å². The van der Waals surface area contributed by atoms with Gasteiger partial charge in [-0.05, 0) is 41.7 Å². The van der Waals surface area contributed by atoms with E-state index >= 15 is 0 Å². The fourth-order valence-corrected chi connectivity index (χ4v) is 1.94. The second-order valence-electron chi connectivity index (χ2n) is 4.20. The average molecular weight is 226 g/mol. The molecule has 0 aliphatic carbocycles. The summed E-state index contributed by atoms with van der Waals surface area (Å²) < 4.78 is 5.16. The van der Waals surface area contributed by atoms with Crippen LogP contribution in [0.5, 0.6) is 5.75 Å². The van der Waals surface area contributed by atoms with Crippen molar-refractivity contribution in [3.05, 3.63) is 65.2 Å². The van der Waals surface area contributed by atoms with Gasteiger partial charge in [-0.1, -0.05) is 43.3 Å². The van der Waals surface area contributed by atoms with E-state index in [1.165, 1.54) is 16.7 Å². The highest BCUT2D eigenvalue weighted by Crippen LogP contribution is 2.15. The molecule has 2 rings (SSSR count). The van der Waals surface area contributed by atoms with Crippen LogP contribution in [-0.2, 0) is 12.8 Å². The van der Waals surface area contributed by atoms with E-state index < -0.39 is 0 Å². The molecule has 0 amide bonds. The minimum atomic E-state index is 0.913. The molecule has 2 aromatic rings. The van der Waals surface area contributed by atoms with Crippen LogP contribution < -0.4 is 4.74 Å².